The van der Waals surface area contributed by atoms with Crippen molar-refractivity contribution in [2.45, 2.75) is 19.3 Å². The van der Waals surface area contributed by atoms with Gasteiger partial charge in [-0.25, -0.2) is 4.39 Å². The zero-order valence-corrected chi connectivity index (χ0v) is 13.7. The summed E-state index contributed by atoms with van der Waals surface area (Å²) in [6.07, 6.45) is 2.78. The van der Waals surface area contributed by atoms with Gasteiger partial charge < -0.3 is 9.74 Å². The number of likely N-dealkylation sites (N-methyl/N-ethyl adjacent to an activating group) is 1. The molecular weight excluding hydrogens is 317 g/mol. The van der Waals surface area contributed by atoms with Crippen molar-refractivity contribution in [3.8, 4) is 0 Å². The maximum absolute atomic E-state index is 13.6. The summed E-state index contributed by atoms with van der Waals surface area (Å²) in [5.41, 5.74) is 1.54. The third-order valence-electron chi connectivity index (χ3n) is 3.68. The van der Waals surface area contributed by atoms with E-state index < -0.39 is 5.09 Å². The first-order chi connectivity index (χ1) is 11.4. The average Bonchev–Trinajstić information content (AvgIpc) is 2.87. The first-order valence-corrected chi connectivity index (χ1v) is 7.63. The fourth-order valence-electron chi connectivity index (χ4n) is 2.50. The van der Waals surface area contributed by atoms with E-state index in [1.807, 2.05) is 19.0 Å². The molecule has 0 aliphatic heterocycles. The first kappa shape index (κ1) is 17.9. The van der Waals surface area contributed by atoms with Crippen molar-refractivity contribution < 1.29 is 19.1 Å². The number of rotatable bonds is 8. The van der Waals surface area contributed by atoms with Crippen molar-refractivity contribution in [2.75, 3.05) is 27.2 Å². The SMILES string of the molecule is CN(C)CCc1cn(C(=O)CCCO[N+](=O)[O-])c2ccc(F)cc12. The third-order valence-corrected chi connectivity index (χ3v) is 3.68. The van der Waals surface area contributed by atoms with Crippen LogP contribution in [0.25, 0.3) is 10.9 Å². The molecule has 1 aromatic carbocycles. The number of benzene rings is 1. The molecule has 0 unspecified atom stereocenters. The van der Waals surface area contributed by atoms with E-state index in [-0.39, 0.29) is 31.2 Å². The third kappa shape index (κ3) is 4.51. The fourth-order valence-corrected chi connectivity index (χ4v) is 2.50. The summed E-state index contributed by atoms with van der Waals surface area (Å²) in [7, 11) is 3.89. The number of halogens is 1. The lowest BCUT2D eigenvalue weighted by atomic mass is 10.1. The number of carbonyl (C=O) groups excluding carboxylic acids is 1. The molecule has 0 bridgehead atoms. The van der Waals surface area contributed by atoms with E-state index in [1.54, 1.807) is 12.3 Å². The summed E-state index contributed by atoms with van der Waals surface area (Å²) in [5, 5.41) is 9.94. The Morgan fingerprint density at radius 3 is 2.83 bits per heavy atom. The van der Waals surface area contributed by atoms with E-state index in [4.69, 9.17) is 0 Å². The van der Waals surface area contributed by atoms with Crippen molar-refractivity contribution in [3.63, 3.8) is 0 Å². The minimum Gasteiger partial charge on any atom is -0.314 e. The van der Waals surface area contributed by atoms with Gasteiger partial charge in [0.15, 0.2) is 0 Å². The maximum Gasteiger partial charge on any atom is 0.294 e. The number of carbonyl (C=O) groups is 1. The normalized spacial score (nSPS) is 11.2. The summed E-state index contributed by atoms with van der Waals surface area (Å²) in [5.74, 6) is -0.548. The lowest BCUT2D eigenvalue weighted by Gasteiger charge is -2.08. The van der Waals surface area contributed by atoms with E-state index in [9.17, 15) is 19.3 Å². The predicted molar refractivity (Wildman–Crippen MR) is 87.0 cm³/mol. The minimum absolute atomic E-state index is 0.113. The molecule has 0 spiro atoms. The molecule has 0 atom stereocenters. The van der Waals surface area contributed by atoms with Crippen LogP contribution in [-0.4, -0.2) is 47.7 Å². The summed E-state index contributed by atoms with van der Waals surface area (Å²) in [4.78, 5) is 28.7. The van der Waals surface area contributed by atoms with Crippen LogP contribution < -0.4 is 0 Å². The van der Waals surface area contributed by atoms with E-state index in [0.29, 0.717) is 17.3 Å². The van der Waals surface area contributed by atoms with Gasteiger partial charge in [-0.15, -0.1) is 10.1 Å². The Morgan fingerprint density at radius 1 is 1.42 bits per heavy atom. The van der Waals surface area contributed by atoms with Crippen molar-refractivity contribution in [1.29, 1.82) is 0 Å². The van der Waals surface area contributed by atoms with Gasteiger partial charge in [0.1, 0.15) is 5.82 Å². The number of hydrogen-bond acceptors (Lipinski definition) is 5. The Labute approximate surface area is 138 Å². The lowest BCUT2D eigenvalue weighted by molar-refractivity contribution is -0.757. The summed E-state index contributed by atoms with van der Waals surface area (Å²) in [6.45, 7) is 0.653. The second-order valence-corrected chi connectivity index (χ2v) is 5.79. The van der Waals surface area contributed by atoms with Gasteiger partial charge in [0, 0.05) is 24.5 Å². The van der Waals surface area contributed by atoms with Crippen LogP contribution in [0.3, 0.4) is 0 Å². The molecule has 0 fully saturated rings. The monoisotopic (exact) mass is 337 g/mol. The van der Waals surface area contributed by atoms with E-state index in [0.717, 1.165) is 12.1 Å². The van der Waals surface area contributed by atoms with Crippen molar-refractivity contribution in [1.82, 2.24) is 9.47 Å². The molecule has 24 heavy (non-hydrogen) atoms. The topological polar surface area (TPSA) is 77.6 Å². The second-order valence-electron chi connectivity index (χ2n) is 5.79. The van der Waals surface area contributed by atoms with Crippen LogP contribution in [0.2, 0.25) is 0 Å². The minimum atomic E-state index is -0.877. The van der Waals surface area contributed by atoms with Crippen LogP contribution in [0.15, 0.2) is 24.4 Å². The molecule has 0 saturated carbocycles. The Kier molecular flexibility index (Phi) is 5.86. The van der Waals surface area contributed by atoms with E-state index in [2.05, 4.69) is 4.84 Å². The fraction of sp³-hybridized carbons (Fsp3) is 0.438. The molecule has 1 aromatic heterocycles. The largest absolute Gasteiger partial charge is 0.314 e. The van der Waals surface area contributed by atoms with Crippen LogP contribution in [0, 0.1) is 15.9 Å². The molecule has 0 amide bonds. The summed E-state index contributed by atoms with van der Waals surface area (Å²) < 4.78 is 15.1. The summed E-state index contributed by atoms with van der Waals surface area (Å²) in [6, 6.07) is 4.33. The molecule has 2 rings (SSSR count). The molecule has 0 saturated heterocycles. The molecule has 1 heterocycles. The zero-order valence-electron chi connectivity index (χ0n) is 13.7. The predicted octanol–water partition coefficient (Wildman–Crippen LogP) is 2.51. The Hall–Kier alpha value is -2.48. The molecule has 8 heteroatoms. The zero-order chi connectivity index (χ0) is 17.7. The highest BCUT2D eigenvalue weighted by molar-refractivity contribution is 5.94. The van der Waals surface area contributed by atoms with Crippen LogP contribution in [0.1, 0.15) is 23.2 Å². The second kappa shape index (κ2) is 7.87. The number of nitrogens with zero attached hydrogens (tertiary/aromatic N) is 3. The molecular formula is C16H20FN3O4. The molecule has 2 aromatic rings. The highest BCUT2D eigenvalue weighted by atomic mass is 19.1. The van der Waals surface area contributed by atoms with Gasteiger partial charge >= 0.3 is 0 Å². The standard InChI is InChI=1S/C16H20FN3O4/c1-18(2)8-7-12-11-19(15-6-5-13(17)10-14(12)15)16(21)4-3-9-24-20(22)23/h5-6,10-11H,3-4,7-9H2,1-2H3. The quantitative estimate of drug-likeness (QED) is 0.420. The molecule has 0 aliphatic carbocycles. The Bertz CT molecular complexity index is 742. The first-order valence-electron chi connectivity index (χ1n) is 7.63. The lowest BCUT2D eigenvalue weighted by Crippen LogP contribution is -2.15. The molecule has 7 nitrogen and oxygen atoms in total. The van der Waals surface area contributed by atoms with Gasteiger partial charge in [0.2, 0.25) is 5.91 Å². The van der Waals surface area contributed by atoms with Crippen molar-refractivity contribution >= 4 is 16.8 Å². The van der Waals surface area contributed by atoms with Crippen LogP contribution in [-0.2, 0) is 11.3 Å². The van der Waals surface area contributed by atoms with Crippen molar-refractivity contribution in [2.24, 2.45) is 0 Å². The molecule has 130 valence electrons. The molecule has 0 radical (unpaired) electrons. The van der Waals surface area contributed by atoms with Crippen molar-refractivity contribution in [3.05, 3.63) is 45.9 Å². The smallest absolute Gasteiger partial charge is 0.294 e. The average molecular weight is 337 g/mol. The molecule has 0 N–H and O–H groups in total. The highest BCUT2D eigenvalue weighted by Crippen LogP contribution is 2.24. The number of aromatic nitrogens is 1. The van der Waals surface area contributed by atoms with Crippen LogP contribution in [0.5, 0.6) is 0 Å². The van der Waals surface area contributed by atoms with Gasteiger partial charge in [-0.1, -0.05) is 0 Å². The van der Waals surface area contributed by atoms with Gasteiger partial charge in [-0.3, -0.25) is 9.36 Å². The van der Waals surface area contributed by atoms with Gasteiger partial charge in [-0.05, 0) is 50.7 Å². The van der Waals surface area contributed by atoms with Gasteiger partial charge in [-0.2, -0.15) is 0 Å². The van der Waals surface area contributed by atoms with E-state index >= 15 is 0 Å². The maximum atomic E-state index is 13.6. The van der Waals surface area contributed by atoms with E-state index in [1.165, 1.54) is 16.7 Å². The van der Waals surface area contributed by atoms with Crippen LogP contribution in [0.4, 0.5) is 4.39 Å². The van der Waals surface area contributed by atoms with Gasteiger partial charge in [0.25, 0.3) is 5.09 Å². The Morgan fingerprint density at radius 2 is 2.17 bits per heavy atom. The number of fused-ring (bicyclic) bond motifs is 1. The Balaban J connectivity index is 2.19. The molecule has 0 aliphatic rings. The van der Waals surface area contributed by atoms with Crippen LogP contribution >= 0.6 is 0 Å². The highest BCUT2D eigenvalue weighted by Gasteiger charge is 2.14. The van der Waals surface area contributed by atoms with Gasteiger partial charge in [0.05, 0.1) is 12.1 Å². The summed E-state index contributed by atoms with van der Waals surface area (Å²) >= 11 is 0. The number of hydrogen-bond donors (Lipinski definition) is 0.